The molecule has 0 saturated carbocycles. The van der Waals surface area contributed by atoms with Gasteiger partial charge in [-0.25, -0.2) is 9.13 Å². The zero-order chi connectivity index (χ0) is 79.9. The maximum Gasteiger partial charge on any atom is 0.472 e. The quantitative estimate of drug-likeness (QED) is 0.0222. The molecule has 0 radical (unpaired) electrons. The van der Waals surface area contributed by atoms with E-state index in [2.05, 4.69) is 41.5 Å². The lowest BCUT2D eigenvalue weighted by molar-refractivity contribution is -0.161. The first-order valence-corrected chi connectivity index (χ1v) is 49.6. The number of rotatable bonds is 89. The first kappa shape index (κ1) is 107. The van der Waals surface area contributed by atoms with Gasteiger partial charge in [-0.15, -0.1) is 0 Å². The lowest BCUT2D eigenvalue weighted by Gasteiger charge is -2.21. The van der Waals surface area contributed by atoms with E-state index in [0.717, 1.165) is 115 Å². The molecule has 0 bridgehead atoms. The van der Waals surface area contributed by atoms with Gasteiger partial charge in [-0.3, -0.25) is 37.3 Å². The minimum absolute atomic E-state index is 0.109. The molecule has 0 amide bonds. The fourth-order valence-electron chi connectivity index (χ4n) is 14.1. The number of carbonyl (C=O) groups excluding carboxylic acids is 4. The highest BCUT2D eigenvalue weighted by atomic mass is 31.2. The van der Waals surface area contributed by atoms with Gasteiger partial charge in [0.15, 0.2) is 12.2 Å². The van der Waals surface area contributed by atoms with E-state index in [1.807, 2.05) is 0 Å². The molecule has 0 aliphatic rings. The Labute approximate surface area is 670 Å². The van der Waals surface area contributed by atoms with E-state index < -0.39 is 97.5 Å². The van der Waals surface area contributed by atoms with Crippen molar-refractivity contribution in [3.63, 3.8) is 0 Å². The van der Waals surface area contributed by atoms with E-state index in [9.17, 15) is 43.2 Å². The first-order valence-electron chi connectivity index (χ1n) is 46.6. The number of ether oxygens (including phenoxy) is 4. The molecule has 4 unspecified atom stereocenters. The normalized spacial score (nSPS) is 14.2. The van der Waals surface area contributed by atoms with Crippen molar-refractivity contribution in [2.45, 2.75) is 503 Å². The molecule has 0 aromatic heterocycles. The lowest BCUT2D eigenvalue weighted by atomic mass is 9.99. The van der Waals surface area contributed by atoms with Gasteiger partial charge in [-0.2, -0.15) is 0 Å². The summed E-state index contributed by atoms with van der Waals surface area (Å²) in [5, 5.41) is 10.7. The van der Waals surface area contributed by atoms with Crippen LogP contribution in [0.5, 0.6) is 0 Å². The molecule has 0 aromatic rings. The monoisotopic (exact) mass is 1590 g/mol. The average Bonchev–Trinajstić information content (AvgIpc) is 0.899. The Morgan fingerprint density at radius 3 is 0.651 bits per heavy atom. The highest BCUT2D eigenvalue weighted by Crippen LogP contribution is 2.45. The van der Waals surface area contributed by atoms with Gasteiger partial charge in [0.1, 0.15) is 19.3 Å². The van der Waals surface area contributed by atoms with Gasteiger partial charge in [0.05, 0.1) is 26.4 Å². The molecule has 109 heavy (non-hydrogen) atoms. The Balaban J connectivity index is 5.15. The largest absolute Gasteiger partial charge is 0.472 e. The minimum Gasteiger partial charge on any atom is -0.462 e. The van der Waals surface area contributed by atoms with E-state index in [1.54, 1.807) is 0 Å². The van der Waals surface area contributed by atoms with Gasteiger partial charge in [0.25, 0.3) is 0 Å². The van der Waals surface area contributed by atoms with Crippen LogP contribution in [-0.4, -0.2) is 96.7 Å². The van der Waals surface area contributed by atoms with E-state index in [1.165, 1.54) is 289 Å². The van der Waals surface area contributed by atoms with Gasteiger partial charge in [0, 0.05) is 25.7 Å². The summed E-state index contributed by atoms with van der Waals surface area (Å²) < 4.78 is 68.9. The second kappa shape index (κ2) is 81.2. The molecule has 648 valence electrons. The van der Waals surface area contributed by atoms with Crippen LogP contribution in [0.3, 0.4) is 0 Å². The molecule has 17 nitrogen and oxygen atoms in total. The molecule has 0 heterocycles. The number of phosphoric ester groups is 2. The number of hydrogen-bond donors (Lipinski definition) is 3. The van der Waals surface area contributed by atoms with Crippen molar-refractivity contribution < 1.29 is 80.2 Å². The molecule has 0 aliphatic heterocycles. The smallest absolute Gasteiger partial charge is 0.462 e. The molecular formula is C90H176O17P2. The SMILES string of the molecule is CCCCCCCCCCCCCCCCCCCCC(=O)O[C@H](COC(=O)CCCCCCCCC)COP(=O)(O)OC[C@H](O)COP(=O)(O)OC[C@@H](COC(=O)CCCCCCCCCCCCCCCCCCCCC(C)CC)OC(=O)CCCCCCCCCCCCCCCCCCCCC(C)CC. The third kappa shape index (κ3) is 81.0. The predicted octanol–water partition coefficient (Wildman–Crippen LogP) is 27.8. The zero-order valence-corrected chi connectivity index (χ0v) is 73.7. The number of unbranched alkanes of at least 4 members (excludes halogenated alkanes) is 57. The number of esters is 4. The molecule has 0 aromatic carbocycles. The van der Waals surface area contributed by atoms with Gasteiger partial charge < -0.3 is 33.8 Å². The molecule has 0 fully saturated rings. The van der Waals surface area contributed by atoms with Crippen molar-refractivity contribution >= 4 is 39.5 Å². The van der Waals surface area contributed by atoms with Gasteiger partial charge in [0.2, 0.25) is 0 Å². The maximum atomic E-state index is 13.2. The fraction of sp³-hybridized carbons (Fsp3) is 0.956. The van der Waals surface area contributed by atoms with Crippen LogP contribution in [-0.2, 0) is 65.4 Å². The average molecular weight is 1590 g/mol. The summed E-state index contributed by atoms with van der Waals surface area (Å²) in [5.74, 6) is -0.358. The van der Waals surface area contributed by atoms with Crippen molar-refractivity contribution in [1.82, 2.24) is 0 Å². The second-order valence-corrected chi connectivity index (χ2v) is 35.7. The Kier molecular flexibility index (Phi) is 79.8. The first-order chi connectivity index (χ1) is 52.9. The van der Waals surface area contributed by atoms with E-state index in [4.69, 9.17) is 37.0 Å². The van der Waals surface area contributed by atoms with Gasteiger partial charge in [-0.1, -0.05) is 433 Å². The summed E-state index contributed by atoms with van der Waals surface area (Å²) in [7, 11) is -9.93. The molecule has 0 spiro atoms. The third-order valence-corrected chi connectivity index (χ3v) is 23.8. The highest BCUT2D eigenvalue weighted by Gasteiger charge is 2.31. The zero-order valence-electron chi connectivity index (χ0n) is 71.9. The summed E-state index contributed by atoms with van der Waals surface area (Å²) in [6.45, 7) is 9.79. The van der Waals surface area contributed by atoms with Crippen LogP contribution in [0, 0.1) is 11.8 Å². The van der Waals surface area contributed by atoms with Gasteiger partial charge >= 0.3 is 39.5 Å². The highest BCUT2D eigenvalue weighted by molar-refractivity contribution is 7.47. The number of aliphatic hydroxyl groups excluding tert-OH is 1. The minimum atomic E-state index is -4.97. The summed E-state index contributed by atoms with van der Waals surface area (Å²) in [4.78, 5) is 73.2. The molecule has 7 atom stereocenters. The van der Waals surface area contributed by atoms with Crippen LogP contribution in [0.25, 0.3) is 0 Å². The van der Waals surface area contributed by atoms with Crippen LogP contribution >= 0.6 is 15.6 Å². The summed E-state index contributed by atoms with van der Waals surface area (Å²) in [6.07, 6.45) is 75.2. The summed E-state index contributed by atoms with van der Waals surface area (Å²) in [5.41, 5.74) is 0. The summed E-state index contributed by atoms with van der Waals surface area (Å²) >= 11 is 0. The van der Waals surface area contributed by atoms with Crippen LogP contribution < -0.4 is 0 Å². The van der Waals surface area contributed by atoms with Crippen LogP contribution in [0.2, 0.25) is 0 Å². The number of phosphoric acid groups is 2. The molecule has 3 N–H and O–H groups in total. The van der Waals surface area contributed by atoms with Crippen LogP contribution in [0.15, 0.2) is 0 Å². The Morgan fingerprint density at radius 1 is 0.257 bits per heavy atom. The van der Waals surface area contributed by atoms with Crippen molar-refractivity contribution in [2.75, 3.05) is 39.6 Å². The van der Waals surface area contributed by atoms with E-state index >= 15 is 0 Å². The predicted molar refractivity (Wildman–Crippen MR) is 451 cm³/mol. The standard InChI is InChI=1S/C90H176O17P2/c1-7-11-13-15-17-18-19-20-21-22-29-35-40-45-50-56-62-68-74-89(94)106-85(78-100-87(92)72-66-60-52-16-14-12-8-2)80-104-108(96,97)102-76-84(91)77-103-109(98,99)105-81-86(107-90(95)75-69-63-57-51-46-41-36-31-26-24-28-33-38-43-48-54-59-65-71-83(6)10-4)79-101-88(93)73-67-61-55-49-44-39-34-30-25-23-27-32-37-42-47-53-58-64-70-82(5)9-3/h82-86,91H,7-81H2,1-6H3,(H,96,97)(H,98,99)/t82?,83?,84-,85+,86+/m0/s1. The lowest BCUT2D eigenvalue weighted by Crippen LogP contribution is -2.30. The van der Waals surface area contributed by atoms with Crippen LogP contribution in [0.4, 0.5) is 0 Å². The molecule has 0 rings (SSSR count). The number of hydrogen-bond acceptors (Lipinski definition) is 15. The van der Waals surface area contributed by atoms with Crippen molar-refractivity contribution in [3.05, 3.63) is 0 Å². The summed E-state index contributed by atoms with van der Waals surface area (Å²) in [6, 6.07) is 0. The molecular weight excluding hydrogens is 1410 g/mol. The Morgan fingerprint density at radius 2 is 0.440 bits per heavy atom. The third-order valence-electron chi connectivity index (χ3n) is 21.9. The van der Waals surface area contributed by atoms with E-state index in [-0.39, 0.29) is 25.7 Å². The number of aliphatic hydroxyl groups is 1. The van der Waals surface area contributed by atoms with Crippen molar-refractivity contribution in [2.24, 2.45) is 11.8 Å². The maximum absolute atomic E-state index is 13.2. The van der Waals surface area contributed by atoms with E-state index in [0.29, 0.717) is 25.7 Å². The fourth-order valence-corrected chi connectivity index (χ4v) is 15.6. The van der Waals surface area contributed by atoms with Crippen LogP contribution in [0.1, 0.15) is 485 Å². The Hall–Kier alpha value is -1.94. The van der Waals surface area contributed by atoms with Gasteiger partial charge in [-0.05, 0) is 37.5 Å². The number of carbonyl (C=O) groups is 4. The molecule has 0 saturated heterocycles. The second-order valence-electron chi connectivity index (χ2n) is 32.8. The topological polar surface area (TPSA) is 237 Å². The Bertz CT molecular complexity index is 2080. The van der Waals surface area contributed by atoms with Crippen molar-refractivity contribution in [1.29, 1.82) is 0 Å². The van der Waals surface area contributed by atoms with Crippen molar-refractivity contribution in [3.8, 4) is 0 Å². The molecule has 0 aliphatic carbocycles. The molecule has 19 heteroatoms.